The Morgan fingerprint density at radius 1 is 1.33 bits per heavy atom. The van der Waals surface area contributed by atoms with Crippen LogP contribution in [-0.2, 0) is 0 Å². The summed E-state index contributed by atoms with van der Waals surface area (Å²) in [5.74, 6) is 1.39. The van der Waals surface area contributed by atoms with Crippen molar-refractivity contribution in [1.82, 2.24) is 9.97 Å². The number of hydrogen-bond acceptors (Lipinski definition) is 5. The number of nitrogens with two attached hydrogens (primary N) is 1. The summed E-state index contributed by atoms with van der Waals surface area (Å²) < 4.78 is 0. The number of aromatic nitrogens is 2. The third-order valence-electron chi connectivity index (χ3n) is 3.60. The Balaban J connectivity index is 2.00. The van der Waals surface area contributed by atoms with E-state index in [1.807, 2.05) is 12.3 Å². The van der Waals surface area contributed by atoms with Gasteiger partial charge in [-0.15, -0.1) is 0 Å². The maximum Gasteiger partial charge on any atom is 0.191 e. The summed E-state index contributed by atoms with van der Waals surface area (Å²) in [7, 11) is 0. The molecule has 18 heavy (non-hydrogen) atoms. The number of nitrogens with zero attached hydrogens (tertiary/aromatic N) is 2. The minimum atomic E-state index is 0.493. The fraction of sp³-hybridized carbons (Fsp3) is 0.692. The van der Waals surface area contributed by atoms with Crippen LogP contribution in [0.2, 0.25) is 0 Å². The fourth-order valence-electron chi connectivity index (χ4n) is 2.36. The number of rotatable bonds is 3. The molecule has 3 N–H and O–H groups in total. The van der Waals surface area contributed by atoms with E-state index in [4.69, 9.17) is 5.73 Å². The molecule has 0 aromatic carbocycles. The quantitative estimate of drug-likeness (QED) is 0.650. The lowest BCUT2D eigenvalue weighted by molar-refractivity contribution is 0.232. The molecule has 1 aromatic heterocycles. The standard InChI is InChI=1S/C13H22N4S/c1-13(2)6-4-9(5-7-13)15-11-8-10(14)16-12(17-11)18-3/h8-9H,4-7H2,1-3H3,(H3,14,15,16,17). The maximum atomic E-state index is 5.78. The van der Waals surface area contributed by atoms with E-state index in [2.05, 4.69) is 29.1 Å². The Kier molecular flexibility index (Phi) is 4.00. The van der Waals surface area contributed by atoms with Crippen molar-refractivity contribution in [2.24, 2.45) is 5.41 Å². The van der Waals surface area contributed by atoms with Gasteiger partial charge in [-0.05, 0) is 37.4 Å². The number of thioether (sulfide) groups is 1. The molecule has 5 heteroatoms. The Morgan fingerprint density at radius 2 is 2.00 bits per heavy atom. The van der Waals surface area contributed by atoms with Crippen LogP contribution in [0.4, 0.5) is 11.6 Å². The molecule has 1 aliphatic carbocycles. The van der Waals surface area contributed by atoms with Crippen molar-refractivity contribution < 1.29 is 0 Å². The molecule has 0 aliphatic heterocycles. The van der Waals surface area contributed by atoms with Crippen LogP contribution in [0, 0.1) is 5.41 Å². The van der Waals surface area contributed by atoms with Gasteiger partial charge in [-0.3, -0.25) is 0 Å². The second kappa shape index (κ2) is 5.34. The highest BCUT2D eigenvalue weighted by atomic mass is 32.2. The van der Waals surface area contributed by atoms with Gasteiger partial charge in [0.1, 0.15) is 11.6 Å². The molecule has 1 aromatic rings. The Hall–Kier alpha value is -0.970. The number of nitrogen functional groups attached to an aromatic ring is 1. The normalized spacial score (nSPS) is 19.7. The van der Waals surface area contributed by atoms with Gasteiger partial charge >= 0.3 is 0 Å². The van der Waals surface area contributed by atoms with Crippen LogP contribution in [-0.4, -0.2) is 22.3 Å². The number of anilines is 2. The lowest BCUT2D eigenvalue weighted by Crippen LogP contribution is -2.30. The lowest BCUT2D eigenvalue weighted by Gasteiger charge is -2.34. The minimum Gasteiger partial charge on any atom is -0.383 e. The predicted octanol–water partition coefficient (Wildman–Crippen LogP) is 3.16. The zero-order valence-electron chi connectivity index (χ0n) is 11.4. The second-order valence-electron chi connectivity index (χ2n) is 5.75. The molecular formula is C13H22N4S. The van der Waals surface area contributed by atoms with Gasteiger partial charge in [0.05, 0.1) is 0 Å². The van der Waals surface area contributed by atoms with Crippen LogP contribution in [0.5, 0.6) is 0 Å². The summed E-state index contributed by atoms with van der Waals surface area (Å²) in [5.41, 5.74) is 6.27. The molecule has 1 saturated carbocycles. The molecule has 0 spiro atoms. The zero-order valence-corrected chi connectivity index (χ0v) is 12.2. The molecule has 0 saturated heterocycles. The first-order valence-corrected chi connectivity index (χ1v) is 7.66. The summed E-state index contributed by atoms with van der Waals surface area (Å²) in [4.78, 5) is 8.60. The first-order valence-electron chi connectivity index (χ1n) is 6.44. The second-order valence-corrected chi connectivity index (χ2v) is 6.52. The molecule has 1 aliphatic rings. The van der Waals surface area contributed by atoms with E-state index in [0.717, 1.165) is 11.0 Å². The van der Waals surface area contributed by atoms with Gasteiger partial charge < -0.3 is 11.1 Å². The van der Waals surface area contributed by atoms with Crippen molar-refractivity contribution in [3.8, 4) is 0 Å². The van der Waals surface area contributed by atoms with Crippen molar-refractivity contribution in [1.29, 1.82) is 0 Å². The Bertz CT molecular complexity index is 409. The first-order chi connectivity index (χ1) is 8.48. The van der Waals surface area contributed by atoms with Crippen molar-refractivity contribution in [2.45, 2.75) is 50.7 Å². The summed E-state index contributed by atoms with van der Waals surface area (Å²) in [5, 5.41) is 4.22. The molecule has 100 valence electrons. The lowest BCUT2D eigenvalue weighted by atomic mass is 9.75. The molecule has 0 amide bonds. The topological polar surface area (TPSA) is 63.8 Å². The summed E-state index contributed by atoms with van der Waals surface area (Å²) in [6, 6.07) is 2.33. The molecule has 0 radical (unpaired) electrons. The highest BCUT2D eigenvalue weighted by Crippen LogP contribution is 2.36. The highest BCUT2D eigenvalue weighted by molar-refractivity contribution is 7.98. The summed E-state index contributed by atoms with van der Waals surface area (Å²) in [6.07, 6.45) is 6.89. The monoisotopic (exact) mass is 266 g/mol. The van der Waals surface area contributed by atoms with Gasteiger partial charge in [0.2, 0.25) is 0 Å². The Labute approximate surface area is 113 Å². The van der Waals surface area contributed by atoms with Crippen molar-refractivity contribution in [2.75, 3.05) is 17.3 Å². The van der Waals surface area contributed by atoms with E-state index in [-0.39, 0.29) is 0 Å². The average molecular weight is 266 g/mol. The molecule has 2 rings (SSSR count). The van der Waals surface area contributed by atoms with Crippen LogP contribution in [0.3, 0.4) is 0 Å². The van der Waals surface area contributed by atoms with E-state index in [9.17, 15) is 0 Å². The van der Waals surface area contributed by atoms with Crippen LogP contribution < -0.4 is 11.1 Å². The number of nitrogens with one attached hydrogen (secondary N) is 1. The van der Waals surface area contributed by atoms with Gasteiger partial charge in [0.15, 0.2) is 5.16 Å². The number of hydrogen-bond donors (Lipinski definition) is 2. The van der Waals surface area contributed by atoms with Gasteiger partial charge in [-0.2, -0.15) is 0 Å². The van der Waals surface area contributed by atoms with Crippen molar-refractivity contribution in [3.63, 3.8) is 0 Å². The Morgan fingerprint density at radius 3 is 2.61 bits per heavy atom. The first kappa shape index (κ1) is 13.5. The largest absolute Gasteiger partial charge is 0.383 e. The van der Waals surface area contributed by atoms with Crippen molar-refractivity contribution >= 4 is 23.4 Å². The van der Waals surface area contributed by atoms with Crippen LogP contribution >= 0.6 is 11.8 Å². The molecule has 0 bridgehead atoms. The van der Waals surface area contributed by atoms with Gasteiger partial charge in [-0.1, -0.05) is 25.6 Å². The van der Waals surface area contributed by atoms with E-state index >= 15 is 0 Å². The van der Waals surface area contributed by atoms with Crippen LogP contribution in [0.15, 0.2) is 11.2 Å². The summed E-state index contributed by atoms with van der Waals surface area (Å²) in [6.45, 7) is 4.69. The summed E-state index contributed by atoms with van der Waals surface area (Å²) >= 11 is 1.52. The SMILES string of the molecule is CSc1nc(N)cc(NC2CCC(C)(C)CC2)n1. The molecule has 1 fully saturated rings. The molecule has 1 heterocycles. The average Bonchev–Trinajstić information content (AvgIpc) is 2.31. The van der Waals surface area contributed by atoms with E-state index < -0.39 is 0 Å². The van der Waals surface area contributed by atoms with E-state index in [1.54, 1.807) is 0 Å². The fourth-order valence-corrected chi connectivity index (χ4v) is 2.75. The van der Waals surface area contributed by atoms with E-state index in [0.29, 0.717) is 17.3 Å². The van der Waals surface area contributed by atoms with E-state index in [1.165, 1.54) is 37.4 Å². The third kappa shape index (κ3) is 3.51. The van der Waals surface area contributed by atoms with Crippen LogP contribution in [0.1, 0.15) is 39.5 Å². The minimum absolute atomic E-state index is 0.493. The maximum absolute atomic E-state index is 5.78. The van der Waals surface area contributed by atoms with Crippen LogP contribution in [0.25, 0.3) is 0 Å². The zero-order chi connectivity index (χ0) is 13.2. The van der Waals surface area contributed by atoms with Gasteiger partial charge in [0, 0.05) is 12.1 Å². The third-order valence-corrected chi connectivity index (χ3v) is 4.15. The molecule has 0 atom stereocenters. The smallest absolute Gasteiger partial charge is 0.191 e. The molecule has 0 unspecified atom stereocenters. The molecular weight excluding hydrogens is 244 g/mol. The predicted molar refractivity (Wildman–Crippen MR) is 77.9 cm³/mol. The van der Waals surface area contributed by atoms with Gasteiger partial charge in [0.25, 0.3) is 0 Å². The molecule has 4 nitrogen and oxygen atoms in total. The van der Waals surface area contributed by atoms with Crippen molar-refractivity contribution in [3.05, 3.63) is 6.07 Å². The highest BCUT2D eigenvalue weighted by Gasteiger charge is 2.26. The van der Waals surface area contributed by atoms with Gasteiger partial charge in [-0.25, -0.2) is 9.97 Å².